The molecule has 0 aliphatic heterocycles. The van der Waals surface area contributed by atoms with Gasteiger partial charge in [-0.05, 0) is 43.4 Å². The molecule has 0 atom stereocenters. The van der Waals surface area contributed by atoms with E-state index < -0.39 is 0 Å². The largest absolute Gasteiger partial charge is 0.464 e. The molecule has 0 N–H and O–H groups in total. The van der Waals surface area contributed by atoms with Gasteiger partial charge < -0.3 is 8.83 Å². The fourth-order valence-electron chi connectivity index (χ4n) is 2.68. The summed E-state index contributed by atoms with van der Waals surface area (Å²) in [6, 6.07) is 3.87. The lowest BCUT2D eigenvalue weighted by Crippen LogP contribution is -2.12. The third-order valence-corrected chi connectivity index (χ3v) is 3.79. The average Bonchev–Trinajstić information content (AvgIpc) is 2.74. The van der Waals surface area contributed by atoms with Crippen molar-refractivity contribution in [2.75, 3.05) is 0 Å². The third kappa shape index (κ3) is 1.94. The van der Waals surface area contributed by atoms with Gasteiger partial charge >= 0.3 is 5.63 Å². The van der Waals surface area contributed by atoms with Crippen LogP contribution in [0, 0.1) is 19.8 Å². The quantitative estimate of drug-likeness (QED) is 0.650. The van der Waals surface area contributed by atoms with E-state index in [1.54, 1.807) is 6.26 Å². The van der Waals surface area contributed by atoms with Crippen LogP contribution in [-0.4, -0.2) is 0 Å². The van der Waals surface area contributed by atoms with Crippen LogP contribution in [0.4, 0.5) is 0 Å². The van der Waals surface area contributed by atoms with Crippen molar-refractivity contribution in [3.05, 3.63) is 45.5 Å². The Hall–Kier alpha value is -2.03. The monoisotopic (exact) mass is 270 g/mol. The molecular weight excluding hydrogens is 252 g/mol. The zero-order valence-corrected chi connectivity index (χ0v) is 12.2. The first-order valence-electron chi connectivity index (χ1n) is 6.91. The number of hydrogen-bond donors (Lipinski definition) is 0. The molecule has 0 bridgehead atoms. The second kappa shape index (κ2) is 4.51. The molecule has 3 heteroatoms. The number of fused-ring (bicyclic) bond motifs is 2. The maximum atomic E-state index is 12.1. The first kappa shape index (κ1) is 13.0. The van der Waals surface area contributed by atoms with Crippen LogP contribution in [0.15, 0.2) is 32.0 Å². The molecule has 3 nitrogen and oxygen atoms in total. The van der Waals surface area contributed by atoms with Crippen molar-refractivity contribution in [1.82, 2.24) is 0 Å². The van der Waals surface area contributed by atoms with E-state index >= 15 is 0 Å². The van der Waals surface area contributed by atoms with E-state index in [1.165, 1.54) is 0 Å². The molecule has 0 fully saturated rings. The molecule has 2 heterocycles. The van der Waals surface area contributed by atoms with E-state index in [1.807, 2.05) is 19.9 Å². The Kier molecular flexibility index (Phi) is 2.93. The van der Waals surface area contributed by atoms with Crippen molar-refractivity contribution < 1.29 is 8.83 Å². The number of benzene rings is 1. The number of aryl methyl sites for hydroxylation is 2. The molecule has 0 radical (unpaired) electrons. The highest BCUT2D eigenvalue weighted by Gasteiger charge is 2.14. The van der Waals surface area contributed by atoms with Crippen molar-refractivity contribution in [3.63, 3.8) is 0 Å². The smallest absolute Gasteiger partial charge is 0.339 e. The van der Waals surface area contributed by atoms with Crippen LogP contribution in [-0.2, 0) is 6.42 Å². The molecule has 0 spiro atoms. The third-order valence-electron chi connectivity index (χ3n) is 3.79. The summed E-state index contributed by atoms with van der Waals surface area (Å²) in [5.41, 5.74) is 4.03. The molecule has 0 saturated carbocycles. The maximum Gasteiger partial charge on any atom is 0.339 e. The highest BCUT2D eigenvalue weighted by molar-refractivity contribution is 5.96. The van der Waals surface area contributed by atoms with Crippen LogP contribution in [0.25, 0.3) is 21.9 Å². The second-order valence-electron chi connectivity index (χ2n) is 5.85. The summed E-state index contributed by atoms with van der Waals surface area (Å²) in [6.07, 6.45) is 2.47. The van der Waals surface area contributed by atoms with Crippen molar-refractivity contribution in [3.8, 4) is 0 Å². The first-order valence-corrected chi connectivity index (χ1v) is 6.91. The fraction of sp³-hybridized carbons (Fsp3) is 0.353. The summed E-state index contributed by atoms with van der Waals surface area (Å²) in [7, 11) is 0. The van der Waals surface area contributed by atoms with Gasteiger partial charge in [0.2, 0.25) is 0 Å². The van der Waals surface area contributed by atoms with Crippen molar-refractivity contribution in [2.24, 2.45) is 5.92 Å². The minimum Gasteiger partial charge on any atom is -0.464 e. The van der Waals surface area contributed by atoms with Crippen LogP contribution in [0.3, 0.4) is 0 Å². The lowest BCUT2D eigenvalue weighted by atomic mass is 9.97. The van der Waals surface area contributed by atoms with Gasteiger partial charge in [0.1, 0.15) is 11.2 Å². The predicted octanol–water partition coefficient (Wildman–Crippen LogP) is 4.35. The van der Waals surface area contributed by atoms with Crippen LogP contribution in [0.2, 0.25) is 0 Å². The van der Waals surface area contributed by atoms with Crippen LogP contribution < -0.4 is 5.63 Å². The highest BCUT2D eigenvalue weighted by Crippen LogP contribution is 2.29. The van der Waals surface area contributed by atoms with E-state index in [4.69, 9.17) is 8.83 Å². The number of rotatable bonds is 2. The molecule has 0 amide bonds. The number of hydrogen-bond acceptors (Lipinski definition) is 3. The average molecular weight is 270 g/mol. The summed E-state index contributed by atoms with van der Waals surface area (Å²) in [5.74, 6) is 0.424. The molecule has 104 valence electrons. The molecule has 0 aliphatic carbocycles. The number of furan rings is 1. The highest BCUT2D eigenvalue weighted by atomic mass is 16.4. The van der Waals surface area contributed by atoms with E-state index in [-0.39, 0.29) is 5.63 Å². The Morgan fingerprint density at radius 1 is 1.10 bits per heavy atom. The second-order valence-corrected chi connectivity index (χ2v) is 5.85. The van der Waals surface area contributed by atoms with Crippen molar-refractivity contribution in [2.45, 2.75) is 34.1 Å². The van der Waals surface area contributed by atoms with Gasteiger partial charge in [0.15, 0.2) is 0 Å². The van der Waals surface area contributed by atoms with Crippen molar-refractivity contribution >= 4 is 21.9 Å². The molecule has 3 rings (SSSR count). The Morgan fingerprint density at radius 3 is 2.55 bits per heavy atom. The van der Waals surface area contributed by atoms with E-state index in [2.05, 4.69) is 19.9 Å². The molecule has 0 saturated heterocycles. The Labute approximate surface area is 117 Å². The van der Waals surface area contributed by atoms with Crippen LogP contribution in [0.5, 0.6) is 0 Å². The Bertz CT molecular complexity index is 850. The SMILES string of the molecule is Cc1coc2cc3oc(=O)c(CC(C)C)c(C)c3cc12. The van der Waals surface area contributed by atoms with Gasteiger partial charge in [0.25, 0.3) is 0 Å². The predicted molar refractivity (Wildman–Crippen MR) is 80.3 cm³/mol. The molecule has 1 aromatic carbocycles. The summed E-state index contributed by atoms with van der Waals surface area (Å²) in [4.78, 5) is 12.1. The molecule has 0 unspecified atom stereocenters. The zero-order valence-electron chi connectivity index (χ0n) is 12.2. The van der Waals surface area contributed by atoms with Gasteiger partial charge in [-0.2, -0.15) is 0 Å². The topological polar surface area (TPSA) is 43.4 Å². The summed E-state index contributed by atoms with van der Waals surface area (Å²) in [5, 5.41) is 2.07. The normalized spacial score (nSPS) is 11.8. The summed E-state index contributed by atoms with van der Waals surface area (Å²) >= 11 is 0. The van der Waals surface area contributed by atoms with Crippen LogP contribution >= 0.6 is 0 Å². The van der Waals surface area contributed by atoms with Gasteiger partial charge in [-0.1, -0.05) is 13.8 Å². The fourth-order valence-corrected chi connectivity index (χ4v) is 2.68. The van der Waals surface area contributed by atoms with E-state index in [0.717, 1.165) is 39.5 Å². The maximum absolute atomic E-state index is 12.1. The minimum absolute atomic E-state index is 0.230. The molecule has 2 aromatic heterocycles. The van der Waals surface area contributed by atoms with Gasteiger partial charge in [-0.25, -0.2) is 4.79 Å². The molecule has 3 aromatic rings. The zero-order chi connectivity index (χ0) is 14.4. The molecular formula is C17H18O3. The van der Waals surface area contributed by atoms with Gasteiger partial charge in [-0.15, -0.1) is 0 Å². The molecule has 0 aliphatic rings. The Morgan fingerprint density at radius 2 is 1.85 bits per heavy atom. The van der Waals surface area contributed by atoms with Gasteiger partial charge in [0.05, 0.1) is 6.26 Å². The van der Waals surface area contributed by atoms with Crippen LogP contribution in [0.1, 0.15) is 30.5 Å². The van der Waals surface area contributed by atoms with Gasteiger partial charge in [-0.3, -0.25) is 0 Å². The minimum atomic E-state index is -0.230. The molecule has 20 heavy (non-hydrogen) atoms. The van der Waals surface area contributed by atoms with E-state index in [0.29, 0.717) is 11.5 Å². The van der Waals surface area contributed by atoms with Crippen molar-refractivity contribution in [1.29, 1.82) is 0 Å². The standard InChI is InChI=1S/C17H18O3/c1-9(2)5-14-11(4)13-6-12-10(3)8-19-15(12)7-16(13)20-17(14)18/h6-9H,5H2,1-4H3. The summed E-state index contributed by atoms with van der Waals surface area (Å²) < 4.78 is 10.9. The summed E-state index contributed by atoms with van der Waals surface area (Å²) in [6.45, 7) is 8.22. The van der Waals surface area contributed by atoms with E-state index in [9.17, 15) is 4.79 Å². The lowest BCUT2D eigenvalue weighted by molar-refractivity contribution is 0.532. The van der Waals surface area contributed by atoms with Gasteiger partial charge in [0, 0.05) is 22.4 Å². The first-order chi connectivity index (χ1) is 9.47. The lowest BCUT2D eigenvalue weighted by Gasteiger charge is -2.09. The Balaban J connectivity index is 2.37.